The van der Waals surface area contributed by atoms with Crippen molar-refractivity contribution < 1.29 is 24.3 Å². The van der Waals surface area contributed by atoms with E-state index in [9.17, 15) is 14.9 Å². The number of hydrogen-bond donors (Lipinski definition) is 3. The number of carbonyl (C=O) groups is 1. The van der Waals surface area contributed by atoms with Gasteiger partial charge in [-0.15, -0.1) is 0 Å². The molecule has 34 heavy (non-hydrogen) atoms. The van der Waals surface area contributed by atoms with E-state index < -0.39 is 10.9 Å². The smallest absolute Gasteiger partial charge is 0.335 e. The first-order chi connectivity index (χ1) is 16.4. The summed E-state index contributed by atoms with van der Waals surface area (Å²) in [5.41, 5.74) is 4.82. The van der Waals surface area contributed by atoms with Crippen LogP contribution >= 0.6 is 12.2 Å². The molecule has 0 fully saturated rings. The number of hydrazone groups is 1. The summed E-state index contributed by atoms with van der Waals surface area (Å²) in [6.45, 7) is 0.215. The van der Waals surface area contributed by atoms with Crippen LogP contribution in [0.15, 0.2) is 71.8 Å². The van der Waals surface area contributed by atoms with Crippen molar-refractivity contribution in [2.75, 3.05) is 12.4 Å². The molecule has 0 spiro atoms. The third-order valence-corrected chi connectivity index (χ3v) is 4.67. The van der Waals surface area contributed by atoms with Gasteiger partial charge in [0.05, 0.1) is 23.8 Å². The number of methoxy groups -OCH3 is 1. The summed E-state index contributed by atoms with van der Waals surface area (Å²) in [5.74, 6) is -0.0480. The Labute approximate surface area is 200 Å². The second-order valence-electron chi connectivity index (χ2n) is 6.83. The molecule has 0 unspecified atom stereocenters. The zero-order chi connectivity index (χ0) is 24.5. The molecule has 0 amide bonds. The van der Waals surface area contributed by atoms with Crippen LogP contribution in [-0.4, -0.2) is 34.4 Å². The number of nitro groups is 1. The van der Waals surface area contributed by atoms with Crippen molar-refractivity contribution in [1.29, 1.82) is 0 Å². The number of rotatable bonds is 9. The maximum absolute atomic E-state index is 11.1. The van der Waals surface area contributed by atoms with Gasteiger partial charge in [0.1, 0.15) is 6.61 Å². The van der Waals surface area contributed by atoms with Gasteiger partial charge in [-0.1, -0.05) is 6.07 Å². The molecule has 3 aromatic carbocycles. The maximum Gasteiger partial charge on any atom is 0.335 e. The number of ether oxygens (including phenoxy) is 2. The van der Waals surface area contributed by atoms with Gasteiger partial charge in [0.25, 0.3) is 5.69 Å². The third kappa shape index (κ3) is 6.74. The largest absolute Gasteiger partial charge is 0.493 e. The van der Waals surface area contributed by atoms with Gasteiger partial charge in [-0.05, 0) is 71.9 Å². The lowest BCUT2D eigenvalue weighted by atomic mass is 10.2. The lowest BCUT2D eigenvalue weighted by Crippen LogP contribution is -2.24. The number of nitrogens with zero attached hydrogens (tertiary/aromatic N) is 2. The molecular weight excluding hydrogens is 460 g/mol. The van der Waals surface area contributed by atoms with Crippen LogP contribution in [-0.2, 0) is 6.61 Å². The Hall–Kier alpha value is -4.51. The molecule has 0 saturated carbocycles. The summed E-state index contributed by atoms with van der Waals surface area (Å²) in [7, 11) is 1.51. The SMILES string of the molecule is COc1cc(/C=N\NC(=S)Nc2cccc(C(=O)O)c2)ccc1OCc1ccc([N+](=O)[O-])cc1. The van der Waals surface area contributed by atoms with Crippen molar-refractivity contribution in [3.8, 4) is 11.5 Å². The molecule has 0 saturated heterocycles. The van der Waals surface area contributed by atoms with E-state index in [1.165, 1.54) is 37.6 Å². The van der Waals surface area contributed by atoms with Gasteiger partial charge < -0.3 is 19.9 Å². The summed E-state index contributed by atoms with van der Waals surface area (Å²) < 4.78 is 11.2. The molecule has 0 heterocycles. The molecule has 0 aliphatic rings. The Kier molecular flexibility index (Phi) is 8.08. The number of hydrogen-bond acceptors (Lipinski definition) is 7. The van der Waals surface area contributed by atoms with Crippen LogP contribution in [0.25, 0.3) is 0 Å². The van der Waals surface area contributed by atoms with Gasteiger partial charge in [-0.25, -0.2) is 4.79 Å². The molecule has 174 valence electrons. The van der Waals surface area contributed by atoms with Gasteiger partial charge in [0.15, 0.2) is 16.6 Å². The van der Waals surface area contributed by atoms with Crippen LogP contribution in [0.4, 0.5) is 11.4 Å². The highest BCUT2D eigenvalue weighted by atomic mass is 32.1. The van der Waals surface area contributed by atoms with Crippen LogP contribution in [0.3, 0.4) is 0 Å². The Morgan fingerprint density at radius 2 is 1.91 bits per heavy atom. The average Bonchev–Trinajstić information content (AvgIpc) is 2.83. The molecule has 0 bridgehead atoms. The lowest BCUT2D eigenvalue weighted by Gasteiger charge is -2.11. The summed E-state index contributed by atoms with van der Waals surface area (Å²) in [5, 5.41) is 26.9. The first kappa shape index (κ1) is 24.1. The summed E-state index contributed by atoms with van der Waals surface area (Å²) in [6, 6.07) is 17.6. The molecule has 0 atom stereocenters. The van der Waals surface area contributed by atoms with Crippen LogP contribution in [0.1, 0.15) is 21.5 Å². The second kappa shape index (κ2) is 11.4. The molecule has 11 heteroatoms. The van der Waals surface area contributed by atoms with E-state index in [0.29, 0.717) is 22.7 Å². The Morgan fingerprint density at radius 3 is 2.59 bits per heavy atom. The van der Waals surface area contributed by atoms with Gasteiger partial charge in [0.2, 0.25) is 0 Å². The fourth-order valence-corrected chi connectivity index (χ4v) is 2.98. The molecule has 3 N–H and O–H groups in total. The van der Waals surface area contributed by atoms with E-state index in [1.807, 2.05) is 0 Å². The normalized spacial score (nSPS) is 10.5. The van der Waals surface area contributed by atoms with Crippen molar-refractivity contribution >= 4 is 40.9 Å². The van der Waals surface area contributed by atoms with Gasteiger partial charge in [-0.2, -0.15) is 5.10 Å². The predicted octanol–water partition coefficient (Wildman–Crippen LogP) is 4.20. The minimum atomic E-state index is -1.03. The van der Waals surface area contributed by atoms with Crippen molar-refractivity contribution in [3.63, 3.8) is 0 Å². The van der Waals surface area contributed by atoms with Crippen LogP contribution in [0.2, 0.25) is 0 Å². The van der Waals surface area contributed by atoms with Crippen molar-refractivity contribution in [2.24, 2.45) is 5.10 Å². The van der Waals surface area contributed by atoms with Gasteiger partial charge in [-0.3, -0.25) is 15.5 Å². The highest BCUT2D eigenvalue weighted by molar-refractivity contribution is 7.80. The number of nitro benzene ring substituents is 1. The number of thiocarbonyl (C=S) groups is 1. The van der Waals surface area contributed by atoms with Gasteiger partial charge in [0, 0.05) is 17.8 Å². The van der Waals surface area contributed by atoms with Crippen LogP contribution in [0, 0.1) is 10.1 Å². The quantitative estimate of drug-likeness (QED) is 0.178. The van der Waals surface area contributed by atoms with Crippen LogP contribution in [0.5, 0.6) is 11.5 Å². The summed E-state index contributed by atoms with van der Waals surface area (Å²) in [6.07, 6.45) is 1.53. The second-order valence-corrected chi connectivity index (χ2v) is 7.24. The van der Waals surface area contributed by atoms with E-state index in [2.05, 4.69) is 15.8 Å². The number of non-ortho nitro benzene ring substituents is 1. The highest BCUT2D eigenvalue weighted by Crippen LogP contribution is 2.28. The monoisotopic (exact) mass is 480 g/mol. The molecule has 0 aromatic heterocycles. The maximum atomic E-state index is 11.1. The number of nitrogens with one attached hydrogen (secondary N) is 2. The Morgan fingerprint density at radius 1 is 1.15 bits per heavy atom. The fraction of sp³-hybridized carbons (Fsp3) is 0.0870. The number of benzene rings is 3. The zero-order valence-corrected chi connectivity index (χ0v) is 18.7. The first-order valence-corrected chi connectivity index (χ1v) is 10.2. The standard InChI is InChI=1S/C23H20N4O6S/c1-32-21-11-16(7-10-20(21)33-14-15-5-8-19(9-6-15)27(30)31)13-24-26-23(34)25-18-4-2-3-17(12-18)22(28)29/h2-13H,14H2,1H3,(H,28,29)(H2,25,26,34)/b24-13-. The van der Waals surface area contributed by atoms with E-state index in [0.717, 1.165) is 5.56 Å². The first-order valence-electron chi connectivity index (χ1n) is 9.83. The average molecular weight is 481 g/mol. The van der Waals surface area contributed by atoms with E-state index in [-0.39, 0.29) is 23.0 Å². The third-order valence-electron chi connectivity index (χ3n) is 4.48. The topological polar surface area (TPSA) is 135 Å². The van der Waals surface area contributed by atoms with E-state index in [1.54, 1.807) is 42.5 Å². The summed E-state index contributed by atoms with van der Waals surface area (Å²) >= 11 is 5.17. The Bertz CT molecular complexity index is 1230. The van der Waals surface area contributed by atoms with Crippen molar-refractivity contribution in [2.45, 2.75) is 6.61 Å². The number of carboxylic acids is 1. The van der Waals surface area contributed by atoms with Crippen molar-refractivity contribution in [3.05, 3.63) is 93.5 Å². The molecule has 10 nitrogen and oxygen atoms in total. The minimum absolute atomic E-state index is 0.0158. The fourth-order valence-electron chi connectivity index (χ4n) is 2.81. The zero-order valence-electron chi connectivity index (χ0n) is 17.9. The molecular formula is C23H20N4O6S. The molecule has 3 aromatic rings. The lowest BCUT2D eigenvalue weighted by molar-refractivity contribution is -0.384. The van der Waals surface area contributed by atoms with Crippen molar-refractivity contribution in [1.82, 2.24) is 5.43 Å². The number of carboxylic acid groups (broad SMARTS) is 1. The number of anilines is 1. The van der Waals surface area contributed by atoms with E-state index in [4.69, 9.17) is 26.8 Å². The predicted molar refractivity (Wildman–Crippen MR) is 131 cm³/mol. The minimum Gasteiger partial charge on any atom is -0.493 e. The molecule has 3 rings (SSSR count). The van der Waals surface area contributed by atoms with Crippen LogP contribution < -0.4 is 20.2 Å². The summed E-state index contributed by atoms with van der Waals surface area (Å²) in [4.78, 5) is 21.3. The highest BCUT2D eigenvalue weighted by Gasteiger charge is 2.08. The van der Waals surface area contributed by atoms with Gasteiger partial charge >= 0.3 is 5.97 Å². The molecule has 0 radical (unpaired) electrons. The molecule has 0 aliphatic carbocycles. The number of aromatic carboxylic acids is 1. The van der Waals surface area contributed by atoms with E-state index >= 15 is 0 Å². The Balaban J connectivity index is 1.57. The molecule has 0 aliphatic heterocycles.